The molecular weight excluding hydrogens is 440 g/mol. The Balaban J connectivity index is 1.44. The summed E-state index contributed by atoms with van der Waals surface area (Å²) in [5.41, 5.74) is 4.50. The molecule has 0 bridgehead atoms. The number of carboxylic acid groups (broad SMARTS) is 1. The van der Waals surface area contributed by atoms with Gasteiger partial charge in [0.1, 0.15) is 18.7 Å². The van der Waals surface area contributed by atoms with Crippen LogP contribution in [-0.2, 0) is 14.3 Å². The van der Waals surface area contributed by atoms with Gasteiger partial charge in [-0.25, -0.2) is 9.59 Å². The van der Waals surface area contributed by atoms with Crippen LogP contribution in [0.3, 0.4) is 0 Å². The molecule has 2 aliphatic rings. The predicted molar refractivity (Wildman–Crippen MR) is 127 cm³/mol. The zero-order chi connectivity index (χ0) is 23.5. The number of nitrogens with zero attached hydrogens (tertiary/aromatic N) is 1. The summed E-state index contributed by atoms with van der Waals surface area (Å²) in [5.74, 6) is -0.704. The highest BCUT2D eigenvalue weighted by molar-refractivity contribution is 7.99. The molecule has 1 saturated heterocycles. The number of amides is 2. The highest BCUT2D eigenvalue weighted by atomic mass is 32.2. The minimum absolute atomic E-state index is 0.0752. The Kier molecular flexibility index (Phi) is 6.93. The van der Waals surface area contributed by atoms with Gasteiger partial charge in [0.15, 0.2) is 0 Å². The minimum Gasteiger partial charge on any atom is -0.480 e. The largest absolute Gasteiger partial charge is 0.480 e. The fraction of sp³-hybridized carbons (Fsp3) is 0.400. The Bertz CT molecular complexity index is 1010. The average Bonchev–Trinajstić information content (AvgIpc) is 3.40. The highest BCUT2D eigenvalue weighted by Gasteiger charge is 2.38. The lowest BCUT2D eigenvalue weighted by Gasteiger charge is -2.27. The first-order valence-corrected chi connectivity index (χ1v) is 12.2. The van der Waals surface area contributed by atoms with Gasteiger partial charge in [-0.3, -0.25) is 4.79 Å². The van der Waals surface area contributed by atoms with Crippen molar-refractivity contribution in [2.45, 2.75) is 38.3 Å². The van der Waals surface area contributed by atoms with Crippen molar-refractivity contribution in [1.29, 1.82) is 0 Å². The molecule has 1 aliphatic carbocycles. The fourth-order valence-electron chi connectivity index (χ4n) is 4.54. The summed E-state index contributed by atoms with van der Waals surface area (Å²) < 4.78 is 5.60. The molecule has 2 atom stereocenters. The average molecular weight is 469 g/mol. The van der Waals surface area contributed by atoms with Crippen LogP contribution in [0.15, 0.2) is 48.5 Å². The molecule has 1 fully saturated rings. The van der Waals surface area contributed by atoms with Crippen molar-refractivity contribution in [3.8, 4) is 11.1 Å². The number of hydrogen-bond acceptors (Lipinski definition) is 5. The summed E-state index contributed by atoms with van der Waals surface area (Å²) in [6.45, 7) is 4.06. The van der Waals surface area contributed by atoms with Crippen LogP contribution in [0.1, 0.15) is 37.3 Å². The molecule has 0 saturated carbocycles. The zero-order valence-electron chi connectivity index (χ0n) is 18.7. The van der Waals surface area contributed by atoms with Crippen LogP contribution in [0.5, 0.6) is 0 Å². The first-order chi connectivity index (χ1) is 15.9. The Morgan fingerprint density at radius 3 is 2.27 bits per heavy atom. The van der Waals surface area contributed by atoms with Crippen molar-refractivity contribution >= 4 is 29.7 Å². The topological polar surface area (TPSA) is 95.9 Å². The molecule has 1 heterocycles. The lowest BCUT2D eigenvalue weighted by molar-refractivity contribution is -0.148. The number of carboxylic acids is 1. The standard InChI is InChI=1S/C25H28N2O5S/c1-15(2)11-21(23(28)27-14-33-13-22(27)24(29)30)26-25(31)32-12-20-18-9-5-3-7-16(18)17-8-4-6-10-19(17)20/h3-10,15,20-22H,11-14H2,1-2H3,(H,26,31)(H,29,30)/t21?,22-/m0/s1. The van der Waals surface area contributed by atoms with E-state index in [-0.39, 0.29) is 24.3 Å². The number of carbonyl (C=O) groups excluding carboxylic acids is 2. The van der Waals surface area contributed by atoms with E-state index >= 15 is 0 Å². The van der Waals surface area contributed by atoms with Gasteiger partial charge in [0, 0.05) is 11.7 Å². The van der Waals surface area contributed by atoms with Gasteiger partial charge in [0.25, 0.3) is 0 Å². The number of nitrogens with one attached hydrogen (secondary N) is 1. The number of aliphatic carboxylic acids is 1. The Morgan fingerprint density at radius 1 is 1.09 bits per heavy atom. The maximum atomic E-state index is 13.1. The van der Waals surface area contributed by atoms with Crippen LogP contribution in [0, 0.1) is 5.92 Å². The summed E-state index contributed by atoms with van der Waals surface area (Å²) >= 11 is 1.40. The number of fused-ring (bicyclic) bond motifs is 3. The zero-order valence-corrected chi connectivity index (χ0v) is 19.5. The molecule has 33 heavy (non-hydrogen) atoms. The number of benzene rings is 2. The van der Waals surface area contributed by atoms with Gasteiger partial charge >= 0.3 is 12.1 Å². The smallest absolute Gasteiger partial charge is 0.407 e. The Hall–Kier alpha value is -3.00. The van der Waals surface area contributed by atoms with Crippen molar-refractivity contribution in [3.63, 3.8) is 0 Å². The van der Waals surface area contributed by atoms with Crippen molar-refractivity contribution in [2.24, 2.45) is 5.92 Å². The molecule has 0 radical (unpaired) electrons. The maximum Gasteiger partial charge on any atom is 0.407 e. The molecule has 0 spiro atoms. The van der Waals surface area contributed by atoms with Crippen molar-refractivity contribution in [2.75, 3.05) is 18.2 Å². The van der Waals surface area contributed by atoms with E-state index in [0.29, 0.717) is 18.1 Å². The van der Waals surface area contributed by atoms with E-state index in [4.69, 9.17) is 4.74 Å². The van der Waals surface area contributed by atoms with Crippen molar-refractivity contribution in [3.05, 3.63) is 59.7 Å². The van der Waals surface area contributed by atoms with Gasteiger partial charge in [0.2, 0.25) is 5.91 Å². The van der Waals surface area contributed by atoms with E-state index in [1.54, 1.807) is 0 Å². The molecule has 7 nitrogen and oxygen atoms in total. The van der Waals surface area contributed by atoms with Gasteiger partial charge in [-0.2, -0.15) is 0 Å². The number of ether oxygens (including phenoxy) is 1. The third-order valence-corrected chi connectivity index (χ3v) is 7.10. The quantitative estimate of drug-likeness (QED) is 0.639. The third kappa shape index (κ3) is 4.85. The van der Waals surface area contributed by atoms with E-state index in [9.17, 15) is 19.5 Å². The van der Waals surface area contributed by atoms with E-state index in [1.807, 2.05) is 50.2 Å². The van der Waals surface area contributed by atoms with Crippen molar-refractivity contribution < 1.29 is 24.2 Å². The van der Waals surface area contributed by atoms with Gasteiger partial charge in [0.05, 0.1) is 5.88 Å². The molecule has 1 aliphatic heterocycles. The van der Waals surface area contributed by atoms with E-state index < -0.39 is 24.1 Å². The molecule has 2 aromatic carbocycles. The predicted octanol–water partition coefficient (Wildman–Crippen LogP) is 3.93. The second-order valence-electron chi connectivity index (χ2n) is 8.81. The lowest BCUT2D eigenvalue weighted by Crippen LogP contribution is -2.52. The second kappa shape index (κ2) is 9.87. The van der Waals surface area contributed by atoms with E-state index in [0.717, 1.165) is 22.3 Å². The normalized spacial score (nSPS) is 18.0. The number of thioether (sulfide) groups is 1. The molecule has 2 N–H and O–H groups in total. The SMILES string of the molecule is CC(C)CC(NC(=O)OCC1c2ccccc2-c2ccccc21)C(=O)N1CSC[C@H]1C(=O)O. The molecule has 4 rings (SSSR count). The summed E-state index contributed by atoms with van der Waals surface area (Å²) in [5, 5.41) is 12.1. The number of alkyl carbamates (subject to hydrolysis) is 1. The van der Waals surface area contributed by atoms with Gasteiger partial charge in [-0.15, -0.1) is 11.8 Å². The first kappa shape index (κ1) is 23.2. The maximum absolute atomic E-state index is 13.1. The van der Waals surface area contributed by atoms with Crippen LogP contribution in [0.2, 0.25) is 0 Å². The summed E-state index contributed by atoms with van der Waals surface area (Å²) in [4.78, 5) is 38.7. The Morgan fingerprint density at radius 2 is 1.70 bits per heavy atom. The molecule has 174 valence electrons. The van der Waals surface area contributed by atoms with Crippen LogP contribution in [0.4, 0.5) is 4.79 Å². The molecule has 8 heteroatoms. The first-order valence-electron chi connectivity index (χ1n) is 11.1. The highest BCUT2D eigenvalue weighted by Crippen LogP contribution is 2.44. The number of rotatable bonds is 7. The van der Waals surface area contributed by atoms with Crippen LogP contribution < -0.4 is 5.32 Å². The van der Waals surface area contributed by atoms with Gasteiger partial charge in [-0.05, 0) is 34.6 Å². The molecular formula is C25H28N2O5S. The van der Waals surface area contributed by atoms with Crippen LogP contribution in [-0.4, -0.2) is 58.3 Å². The second-order valence-corrected chi connectivity index (χ2v) is 9.81. The third-order valence-electron chi connectivity index (χ3n) is 6.09. The Labute approximate surface area is 197 Å². The van der Waals surface area contributed by atoms with Crippen LogP contribution in [0.25, 0.3) is 11.1 Å². The minimum atomic E-state index is -1.03. The van der Waals surface area contributed by atoms with Crippen molar-refractivity contribution in [1.82, 2.24) is 10.2 Å². The molecule has 1 unspecified atom stereocenters. The molecule has 2 amide bonds. The summed E-state index contributed by atoms with van der Waals surface area (Å²) in [7, 11) is 0. The van der Waals surface area contributed by atoms with E-state index in [2.05, 4.69) is 17.4 Å². The monoisotopic (exact) mass is 468 g/mol. The lowest BCUT2D eigenvalue weighted by atomic mass is 9.98. The number of hydrogen-bond donors (Lipinski definition) is 2. The fourth-order valence-corrected chi connectivity index (χ4v) is 5.69. The molecule has 0 aromatic heterocycles. The van der Waals surface area contributed by atoms with Gasteiger partial charge in [-0.1, -0.05) is 62.4 Å². The summed E-state index contributed by atoms with van der Waals surface area (Å²) in [6.07, 6.45) is -0.272. The van der Waals surface area contributed by atoms with Gasteiger partial charge < -0.3 is 20.1 Å². The van der Waals surface area contributed by atoms with E-state index in [1.165, 1.54) is 16.7 Å². The van der Waals surface area contributed by atoms with Crippen LogP contribution >= 0.6 is 11.8 Å². The number of carbonyl (C=O) groups is 3. The molecule has 2 aromatic rings. The summed E-state index contributed by atoms with van der Waals surface area (Å²) in [6, 6.07) is 14.5.